The summed E-state index contributed by atoms with van der Waals surface area (Å²) in [6.45, 7) is 2.28. The molecule has 0 saturated carbocycles. The molecular weight excluding hydrogens is 409 g/mol. The summed E-state index contributed by atoms with van der Waals surface area (Å²) >= 11 is 0. The van der Waals surface area contributed by atoms with Crippen molar-refractivity contribution in [1.82, 2.24) is 24.6 Å². The second-order valence-electron chi connectivity index (χ2n) is 7.28. The van der Waals surface area contributed by atoms with E-state index >= 15 is 0 Å². The van der Waals surface area contributed by atoms with E-state index in [9.17, 15) is 18.3 Å². The highest BCUT2D eigenvalue weighted by atomic mass is 19.3. The molecule has 0 aliphatic heterocycles. The molecule has 0 atom stereocenters. The molecule has 0 bridgehead atoms. The van der Waals surface area contributed by atoms with E-state index < -0.39 is 24.4 Å². The maximum atomic E-state index is 14.9. The van der Waals surface area contributed by atoms with Gasteiger partial charge in [0.2, 0.25) is 0 Å². The largest absolute Gasteiger partial charge is 0.378 e. The van der Waals surface area contributed by atoms with Gasteiger partial charge < -0.3 is 10.0 Å². The Balaban J connectivity index is 1.94. The Morgan fingerprint density at radius 1 is 1.26 bits per heavy atom. The van der Waals surface area contributed by atoms with E-state index in [1.54, 1.807) is 6.07 Å². The van der Waals surface area contributed by atoms with Crippen LogP contribution in [-0.4, -0.2) is 48.2 Å². The number of aromatic nitrogens is 5. The van der Waals surface area contributed by atoms with Crippen LogP contribution in [-0.2, 0) is 0 Å². The minimum Gasteiger partial charge on any atom is -0.378 e. The first kappa shape index (κ1) is 20.6. The van der Waals surface area contributed by atoms with Crippen LogP contribution in [0.3, 0.4) is 0 Å². The molecule has 0 amide bonds. The molecule has 0 radical (unpaired) electrons. The summed E-state index contributed by atoms with van der Waals surface area (Å²) in [5.74, 6) is 4.83. The second kappa shape index (κ2) is 7.85. The Morgan fingerprint density at radius 3 is 2.81 bits per heavy atom. The van der Waals surface area contributed by atoms with Gasteiger partial charge in [0.25, 0.3) is 12.2 Å². The third-order valence-corrected chi connectivity index (χ3v) is 4.34. The number of hydrogen-bond donors (Lipinski definition) is 1. The first-order valence-corrected chi connectivity index (χ1v) is 9.28. The molecule has 7 nitrogen and oxygen atoms in total. The zero-order valence-electron chi connectivity index (χ0n) is 16.6. The summed E-state index contributed by atoms with van der Waals surface area (Å²) < 4.78 is 43.4. The number of rotatable bonds is 4. The average molecular weight is 426 g/mol. The minimum absolute atomic E-state index is 0.0264. The Labute approximate surface area is 175 Å². The SMILES string of the molecule is CC(C)(O)C#Cc1cc(N(CC(F)F)c2nc3nncn3c3cccc(F)c23)ccn1. The maximum Gasteiger partial charge on any atom is 0.257 e. The lowest BCUT2D eigenvalue weighted by Crippen LogP contribution is -2.25. The molecule has 4 rings (SSSR count). The van der Waals surface area contributed by atoms with Gasteiger partial charge in [-0.2, -0.15) is 4.98 Å². The van der Waals surface area contributed by atoms with E-state index in [4.69, 9.17) is 0 Å². The van der Waals surface area contributed by atoms with Crippen molar-refractivity contribution in [1.29, 1.82) is 0 Å². The van der Waals surface area contributed by atoms with E-state index in [2.05, 4.69) is 32.0 Å². The second-order valence-corrected chi connectivity index (χ2v) is 7.28. The lowest BCUT2D eigenvalue weighted by atomic mass is 10.1. The van der Waals surface area contributed by atoms with Crippen LogP contribution in [0.1, 0.15) is 19.5 Å². The smallest absolute Gasteiger partial charge is 0.257 e. The van der Waals surface area contributed by atoms with Crippen molar-refractivity contribution in [3.63, 3.8) is 0 Å². The third-order valence-electron chi connectivity index (χ3n) is 4.34. The van der Waals surface area contributed by atoms with Crippen molar-refractivity contribution in [2.45, 2.75) is 25.9 Å². The van der Waals surface area contributed by atoms with E-state index in [0.29, 0.717) is 5.52 Å². The van der Waals surface area contributed by atoms with Gasteiger partial charge in [-0.25, -0.2) is 18.2 Å². The molecule has 0 spiro atoms. The van der Waals surface area contributed by atoms with Gasteiger partial charge in [0.1, 0.15) is 29.3 Å². The van der Waals surface area contributed by atoms with Crippen LogP contribution in [0, 0.1) is 17.7 Å². The predicted molar refractivity (Wildman–Crippen MR) is 109 cm³/mol. The highest BCUT2D eigenvalue weighted by Crippen LogP contribution is 2.33. The molecule has 1 N–H and O–H groups in total. The van der Waals surface area contributed by atoms with Crippen LogP contribution < -0.4 is 4.90 Å². The van der Waals surface area contributed by atoms with Crippen LogP contribution in [0.25, 0.3) is 16.7 Å². The summed E-state index contributed by atoms with van der Waals surface area (Å²) in [4.78, 5) is 9.61. The van der Waals surface area contributed by atoms with Gasteiger partial charge in [0.05, 0.1) is 17.4 Å². The molecule has 3 heterocycles. The molecule has 4 aromatic rings. The minimum atomic E-state index is -2.74. The van der Waals surface area contributed by atoms with Gasteiger partial charge in [0, 0.05) is 11.9 Å². The maximum absolute atomic E-state index is 14.9. The quantitative estimate of drug-likeness (QED) is 0.505. The number of fused-ring (bicyclic) bond motifs is 3. The van der Waals surface area contributed by atoms with E-state index in [1.807, 2.05) is 0 Å². The van der Waals surface area contributed by atoms with Gasteiger partial charge in [-0.3, -0.25) is 4.40 Å². The topological polar surface area (TPSA) is 79.4 Å². The molecule has 0 saturated heterocycles. The molecule has 158 valence electrons. The summed E-state index contributed by atoms with van der Waals surface area (Å²) in [6.07, 6.45) is 0.0372. The number of benzene rings is 1. The van der Waals surface area contributed by atoms with Crippen molar-refractivity contribution >= 4 is 28.2 Å². The van der Waals surface area contributed by atoms with Gasteiger partial charge in [-0.1, -0.05) is 12.0 Å². The summed E-state index contributed by atoms with van der Waals surface area (Å²) in [5, 5.41) is 17.5. The van der Waals surface area contributed by atoms with Crippen LogP contribution in [0.5, 0.6) is 0 Å². The molecular formula is C21H17F3N6O. The Bertz CT molecular complexity index is 1320. The lowest BCUT2D eigenvalue weighted by molar-refractivity contribution is 0.143. The zero-order valence-corrected chi connectivity index (χ0v) is 16.6. The number of aliphatic hydroxyl groups is 1. The molecule has 0 fully saturated rings. The number of anilines is 2. The molecule has 1 aromatic carbocycles. The van der Waals surface area contributed by atoms with Crippen LogP contribution in [0.15, 0.2) is 42.9 Å². The van der Waals surface area contributed by atoms with Crippen molar-refractivity contribution in [2.24, 2.45) is 0 Å². The number of alkyl halides is 2. The van der Waals surface area contributed by atoms with Crippen molar-refractivity contribution < 1.29 is 18.3 Å². The molecule has 3 aromatic heterocycles. The fourth-order valence-corrected chi connectivity index (χ4v) is 3.08. The molecule has 0 aliphatic carbocycles. The Morgan fingerprint density at radius 2 is 2.06 bits per heavy atom. The average Bonchev–Trinajstić information content (AvgIpc) is 3.19. The van der Waals surface area contributed by atoms with Crippen molar-refractivity contribution in [3.8, 4) is 11.8 Å². The molecule has 10 heteroatoms. The summed E-state index contributed by atoms with van der Waals surface area (Å²) in [6, 6.07) is 7.35. The fraction of sp³-hybridized carbons (Fsp3) is 0.238. The van der Waals surface area contributed by atoms with Crippen molar-refractivity contribution in [2.75, 3.05) is 11.4 Å². The van der Waals surface area contributed by atoms with E-state index in [0.717, 1.165) is 0 Å². The Kier molecular flexibility index (Phi) is 5.20. The highest BCUT2D eigenvalue weighted by molar-refractivity contribution is 5.94. The van der Waals surface area contributed by atoms with E-state index in [1.165, 1.54) is 59.9 Å². The Hall–Kier alpha value is -3.71. The van der Waals surface area contributed by atoms with Crippen LogP contribution in [0.2, 0.25) is 0 Å². The van der Waals surface area contributed by atoms with Gasteiger partial charge in [0.15, 0.2) is 0 Å². The zero-order chi connectivity index (χ0) is 22.2. The van der Waals surface area contributed by atoms with E-state index in [-0.39, 0.29) is 28.4 Å². The molecule has 0 unspecified atom stereocenters. The monoisotopic (exact) mass is 426 g/mol. The predicted octanol–water partition coefficient (Wildman–Crippen LogP) is 3.34. The van der Waals surface area contributed by atoms with Gasteiger partial charge in [-0.15, -0.1) is 10.2 Å². The number of hydrogen-bond acceptors (Lipinski definition) is 6. The molecule has 31 heavy (non-hydrogen) atoms. The molecule has 0 aliphatic rings. The lowest BCUT2D eigenvalue weighted by Gasteiger charge is -2.25. The van der Waals surface area contributed by atoms with Crippen LogP contribution >= 0.6 is 0 Å². The fourth-order valence-electron chi connectivity index (χ4n) is 3.08. The first-order valence-electron chi connectivity index (χ1n) is 9.28. The summed E-state index contributed by atoms with van der Waals surface area (Å²) in [5.41, 5.74) is -0.316. The highest BCUT2D eigenvalue weighted by Gasteiger charge is 2.23. The number of halogens is 3. The summed E-state index contributed by atoms with van der Waals surface area (Å²) in [7, 11) is 0. The van der Waals surface area contributed by atoms with Gasteiger partial charge in [-0.05, 0) is 44.0 Å². The van der Waals surface area contributed by atoms with Gasteiger partial charge >= 0.3 is 0 Å². The number of nitrogens with zero attached hydrogens (tertiary/aromatic N) is 6. The van der Waals surface area contributed by atoms with Crippen LogP contribution in [0.4, 0.5) is 24.7 Å². The first-order chi connectivity index (χ1) is 14.7. The standard InChI is InChI=1S/C21H17F3N6O/c1-21(2,31)8-6-13-10-14(7-9-25-13)29(11-17(23)24)19-18-15(22)4-3-5-16(18)30-12-26-28-20(30)27-19/h3-5,7,9-10,12,17,31H,11H2,1-2H3. The third kappa shape index (κ3) is 4.27. The van der Waals surface area contributed by atoms with Crippen molar-refractivity contribution in [3.05, 3.63) is 54.4 Å². The normalized spacial score (nSPS) is 11.7. The number of pyridine rings is 1.